The standard InChI is InChI=1S/C10H9BrN2S2/c11-9-3-7(5-14-9)6-15-10-2-1-8(12)4-13-10/h1-5H,6,12H2. The molecule has 2 heterocycles. The van der Waals surface area contributed by atoms with Crippen LogP contribution >= 0.6 is 39.0 Å². The van der Waals surface area contributed by atoms with Crippen LogP contribution < -0.4 is 5.73 Å². The largest absolute Gasteiger partial charge is 0.397 e. The number of hydrogen-bond donors (Lipinski definition) is 1. The fourth-order valence-electron chi connectivity index (χ4n) is 1.06. The molecule has 15 heavy (non-hydrogen) atoms. The molecule has 78 valence electrons. The van der Waals surface area contributed by atoms with E-state index in [0.717, 1.165) is 10.8 Å². The number of aromatic nitrogens is 1. The van der Waals surface area contributed by atoms with Crippen LogP contribution in [0.4, 0.5) is 5.69 Å². The number of thioether (sulfide) groups is 1. The molecule has 0 saturated carbocycles. The molecule has 5 heteroatoms. The smallest absolute Gasteiger partial charge is 0.0964 e. The van der Waals surface area contributed by atoms with Crippen molar-refractivity contribution in [3.05, 3.63) is 39.1 Å². The van der Waals surface area contributed by atoms with Gasteiger partial charge >= 0.3 is 0 Å². The molecule has 0 aliphatic carbocycles. The average Bonchev–Trinajstić information content (AvgIpc) is 2.64. The molecular formula is C10H9BrN2S2. The number of halogens is 1. The summed E-state index contributed by atoms with van der Waals surface area (Å²) in [5, 5.41) is 3.15. The van der Waals surface area contributed by atoms with Crippen molar-refractivity contribution in [1.29, 1.82) is 0 Å². The van der Waals surface area contributed by atoms with Gasteiger partial charge in [0.15, 0.2) is 0 Å². The Morgan fingerprint density at radius 2 is 2.33 bits per heavy atom. The number of anilines is 1. The predicted molar refractivity (Wildman–Crippen MR) is 70.2 cm³/mol. The fraction of sp³-hybridized carbons (Fsp3) is 0.100. The monoisotopic (exact) mass is 300 g/mol. The molecule has 0 aliphatic heterocycles. The molecule has 2 aromatic heterocycles. The number of nitrogens with two attached hydrogens (primary N) is 1. The van der Waals surface area contributed by atoms with E-state index in [-0.39, 0.29) is 0 Å². The molecule has 0 spiro atoms. The van der Waals surface area contributed by atoms with E-state index in [9.17, 15) is 0 Å². The second-order valence-corrected chi connectivity index (χ2v) is 6.26. The molecule has 2 N–H and O–H groups in total. The van der Waals surface area contributed by atoms with Crippen molar-refractivity contribution in [2.24, 2.45) is 0 Å². The summed E-state index contributed by atoms with van der Waals surface area (Å²) < 4.78 is 1.17. The lowest BCUT2D eigenvalue weighted by Gasteiger charge is -1.99. The van der Waals surface area contributed by atoms with Crippen LogP contribution in [-0.4, -0.2) is 4.98 Å². The number of thiophene rings is 1. The molecule has 0 saturated heterocycles. The third-order valence-electron chi connectivity index (χ3n) is 1.77. The third-order valence-corrected chi connectivity index (χ3v) is 4.34. The van der Waals surface area contributed by atoms with E-state index < -0.39 is 0 Å². The fourth-order valence-corrected chi connectivity index (χ4v) is 3.14. The van der Waals surface area contributed by atoms with Gasteiger partial charge in [-0.05, 0) is 45.1 Å². The lowest BCUT2D eigenvalue weighted by molar-refractivity contribution is 1.13. The molecule has 0 atom stereocenters. The first kappa shape index (κ1) is 11.0. The van der Waals surface area contributed by atoms with Gasteiger partial charge in [-0.2, -0.15) is 0 Å². The highest BCUT2D eigenvalue weighted by Gasteiger charge is 1.99. The maximum absolute atomic E-state index is 5.56. The Labute approximate surface area is 105 Å². The van der Waals surface area contributed by atoms with E-state index in [1.165, 1.54) is 9.35 Å². The summed E-state index contributed by atoms with van der Waals surface area (Å²) in [4.78, 5) is 4.23. The second kappa shape index (κ2) is 5.01. The Balaban J connectivity index is 1.96. The number of pyridine rings is 1. The van der Waals surface area contributed by atoms with E-state index in [4.69, 9.17) is 5.73 Å². The number of rotatable bonds is 3. The lowest BCUT2D eigenvalue weighted by atomic mass is 10.4. The zero-order valence-electron chi connectivity index (χ0n) is 7.81. The van der Waals surface area contributed by atoms with Gasteiger partial charge in [0.2, 0.25) is 0 Å². The minimum Gasteiger partial charge on any atom is -0.397 e. The summed E-state index contributed by atoms with van der Waals surface area (Å²) in [7, 11) is 0. The molecule has 0 unspecified atom stereocenters. The van der Waals surface area contributed by atoms with Gasteiger partial charge in [0.1, 0.15) is 0 Å². The second-order valence-electron chi connectivity index (χ2n) is 2.98. The Hall–Kier alpha value is -0.520. The molecule has 0 amide bonds. The highest BCUT2D eigenvalue weighted by molar-refractivity contribution is 9.11. The summed E-state index contributed by atoms with van der Waals surface area (Å²) >= 11 is 6.86. The van der Waals surface area contributed by atoms with Gasteiger partial charge in [0.25, 0.3) is 0 Å². The highest BCUT2D eigenvalue weighted by Crippen LogP contribution is 2.26. The van der Waals surface area contributed by atoms with Gasteiger partial charge in [-0.25, -0.2) is 4.98 Å². The predicted octanol–water partition coefficient (Wildman–Crippen LogP) is 3.78. The Bertz CT molecular complexity index is 439. The van der Waals surface area contributed by atoms with Crippen LogP contribution in [0.1, 0.15) is 5.56 Å². The van der Waals surface area contributed by atoms with Crippen molar-refractivity contribution < 1.29 is 0 Å². The Morgan fingerprint density at radius 3 is 2.93 bits per heavy atom. The van der Waals surface area contributed by atoms with E-state index >= 15 is 0 Å². The zero-order chi connectivity index (χ0) is 10.7. The van der Waals surface area contributed by atoms with Crippen LogP contribution in [0.3, 0.4) is 0 Å². The summed E-state index contributed by atoms with van der Waals surface area (Å²) in [5.41, 5.74) is 7.58. The molecular weight excluding hydrogens is 292 g/mol. The number of nitrogens with zero attached hydrogens (tertiary/aromatic N) is 1. The summed E-state index contributed by atoms with van der Waals surface area (Å²) in [6.07, 6.45) is 1.69. The Kier molecular flexibility index (Phi) is 3.66. The molecule has 2 rings (SSSR count). The number of hydrogen-bond acceptors (Lipinski definition) is 4. The normalized spacial score (nSPS) is 10.5. The highest BCUT2D eigenvalue weighted by atomic mass is 79.9. The summed E-state index contributed by atoms with van der Waals surface area (Å²) in [6, 6.07) is 5.95. The third kappa shape index (κ3) is 3.22. The van der Waals surface area contributed by atoms with Gasteiger partial charge in [-0.3, -0.25) is 0 Å². The van der Waals surface area contributed by atoms with Gasteiger partial charge in [0, 0.05) is 5.75 Å². The molecule has 2 aromatic rings. The zero-order valence-corrected chi connectivity index (χ0v) is 11.0. The van der Waals surface area contributed by atoms with Crippen molar-refractivity contribution in [3.63, 3.8) is 0 Å². The average molecular weight is 301 g/mol. The van der Waals surface area contributed by atoms with Gasteiger partial charge < -0.3 is 5.73 Å². The molecule has 0 fully saturated rings. The van der Waals surface area contributed by atoms with Crippen molar-refractivity contribution in [2.75, 3.05) is 5.73 Å². The quantitative estimate of drug-likeness (QED) is 0.877. The minimum atomic E-state index is 0.706. The topological polar surface area (TPSA) is 38.9 Å². The van der Waals surface area contributed by atoms with Crippen molar-refractivity contribution in [2.45, 2.75) is 10.8 Å². The lowest BCUT2D eigenvalue weighted by Crippen LogP contribution is -1.86. The van der Waals surface area contributed by atoms with Gasteiger partial charge in [-0.1, -0.05) is 0 Å². The maximum atomic E-state index is 5.56. The van der Waals surface area contributed by atoms with E-state index in [1.54, 1.807) is 29.3 Å². The molecule has 0 radical (unpaired) electrons. The SMILES string of the molecule is Nc1ccc(SCc2csc(Br)c2)nc1. The number of nitrogen functional groups attached to an aromatic ring is 1. The molecule has 0 bridgehead atoms. The summed E-state index contributed by atoms with van der Waals surface area (Å²) in [5.74, 6) is 0.943. The van der Waals surface area contributed by atoms with Crippen molar-refractivity contribution in [1.82, 2.24) is 4.98 Å². The van der Waals surface area contributed by atoms with Crippen molar-refractivity contribution >= 4 is 44.7 Å². The maximum Gasteiger partial charge on any atom is 0.0964 e. The molecule has 0 aliphatic rings. The van der Waals surface area contributed by atoms with E-state index in [0.29, 0.717) is 5.69 Å². The minimum absolute atomic E-state index is 0.706. The first-order valence-electron chi connectivity index (χ1n) is 4.31. The molecule has 0 aromatic carbocycles. The van der Waals surface area contributed by atoms with Crippen molar-refractivity contribution in [3.8, 4) is 0 Å². The summed E-state index contributed by atoms with van der Waals surface area (Å²) in [6.45, 7) is 0. The van der Waals surface area contributed by atoms with Crippen LogP contribution in [0.15, 0.2) is 38.6 Å². The molecule has 2 nitrogen and oxygen atoms in total. The first-order valence-corrected chi connectivity index (χ1v) is 6.97. The van der Waals surface area contributed by atoms with Crippen LogP contribution in [0.2, 0.25) is 0 Å². The Morgan fingerprint density at radius 1 is 1.47 bits per heavy atom. The van der Waals surface area contributed by atoms with E-state index in [1.807, 2.05) is 12.1 Å². The van der Waals surface area contributed by atoms with Crippen LogP contribution in [0.5, 0.6) is 0 Å². The van der Waals surface area contributed by atoms with Gasteiger partial charge in [-0.15, -0.1) is 23.1 Å². The van der Waals surface area contributed by atoms with Crippen LogP contribution in [-0.2, 0) is 5.75 Å². The first-order chi connectivity index (χ1) is 7.24. The van der Waals surface area contributed by atoms with Gasteiger partial charge in [0.05, 0.1) is 20.7 Å². The van der Waals surface area contributed by atoms with Crippen LogP contribution in [0, 0.1) is 0 Å². The van der Waals surface area contributed by atoms with E-state index in [2.05, 4.69) is 32.4 Å². The van der Waals surface area contributed by atoms with Crippen LogP contribution in [0.25, 0.3) is 0 Å².